The predicted octanol–water partition coefficient (Wildman–Crippen LogP) is 1.83. The fourth-order valence-corrected chi connectivity index (χ4v) is 1.58. The fourth-order valence-electron chi connectivity index (χ4n) is 1.58. The molecule has 0 amide bonds. The van der Waals surface area contributed by atoms with Crippen molar-refractivity contribution < 1.29 is 9.47 Å². The Hall–Kier alpha value is -2.01. The number of para-hydroxylation sites is 2. The van der Waals surface area contributed by atoms with Crippen LogP contribution in [0.25, 0.3) is 5.69 Å². The van der Waals surface area contributed by atoms with Crippen molar-refractivity contribution in [1.29, 1.82) is 0 Å². The summed E-state index contributed by atoms with van der Waals surface area (Å²) < 4.78 is 12.6. The molecule has 0 radical (unpaired) electrons. The van der Waals surface area contributed by atoms with Crippen LogP contribution in [-0.4, -0.2) is 30.2 Å². The van der Waals surface area contributed by atoms with Crippen LogP contribution in [-0.2, 0) is 0 Å². The van der Waals surface area contributed by atoms with Crippen LogP contribution in [0.4, 0.5) is 0 Å². The van der Waals surface area contributed by atoms with Crippen LogP contribution >= 0.6 is 0 Å². The van der Waals surface area contributed by atoms with E-state index < -0.39 is 0 Å². The third kappa shape index (κ3) is 2.62. The lowest BCUT2D eigenvalue weighted by molar-refractivity contribution is 0.193. The zero-order valence-corrected chi connectivity index (χ0v) is 10.8. The number of hydrogen-bond acceptors (Lipinski definition) is 4. The second-order valence-electron chi connectivity index (χ2n) is 3.84. The van der Waals surface area contributed by atoms with Gasteiger partial charge >= 0.3 is 0 Å². The minimum atomic E-state index is -0.0553. The van der Waals surface area contributed by atoms with E-state index in [1.807, 2.05) is 44.4 Å². The van der Waals surface area contributed by atoms with E-state index in [2.05, 4.69) is 10.4 Å². The molecule has 1 unspecified atom stereocenters. The molecular formula is C13H17N3O2. The number of aromatic nitrogens is 2. The number of methoxy groups -OCH3 is 1. The van der Waals surface area contributed by atoms with Crippen molar-refractivity contribution in [3.63, 3.8) is 0 Å². The van der Waals surface area contributed by atoms with E-state index in [0.717, 1.165) is 11.4 Å². The first-order valence-corrected chi connectivity index (χ1v) is 5.76. The Morgan fingerprint density at radius 1 is 1.33 bits per heavy atom. The van der Waals surface area contributed by atoms with Gasteiger partial charge in [-0.1, -0.05) is 12.1 Å². The summed E-state index contributed by atoms with van der Waals surface area (Å²) in [5.74, 6) is 1.48. The molecule has 1 atom stereocenters. The Labute approximate surface area is 106 Å². The van der Waals surface area contributed by atoms with Crippen LogP contribution in [0.1, 0.15) is 6.92 Å². The normalized spacial score (nSPS) is 12.2. The molecule has 2 aromatic rings. The highest BCUT2D eigenvalue weighted by Gasteiger charge is 2.08. The highest BCUT2D eigenvalue weighted by Crippen LogP contribution is 2.23. The number of hydrogen-bond donors (Lipinski definition) is 1. The Bertz CT molecular complexity index is 510. The Balaban J connectivity index is 2.24. The molecular weight excluding hydrogens is 230 g/mol. The van der Waals surface area contributed by atoms with E-state index in [0.29, 0.717) is 5.75 Å². The van der Waals surface area contributed by atoms with Crippen LogP contribution in [0.3, 0.4) is 0 Å². The number of rotatable bonds is 5. The number of nitrogens with one attached hydrogen (secondary N) is 1. The van der Waals surface area contributed by atoms with Crippen LogP contribution in [0.15, 0.2) is 36.7 Å². The largest absolute Gasteiger partial charge is 0.494 e. The quantitative estimate of drug-likeness (QED) is 0.819. The molecule has 2 rings (SSSR count). The summed E-state index contributed by atoms with van der Waals surface area (Å²) in [5, 5.41) is 7.27. The van der Waals surface area contributed by atoms with Crippen LogP contribution < -0.4 is 14.8 Å². The highest BCUT2D eigenvalue weighted by molar-refractivity contribution is 5.46. The van der Waals surface area contributed by atoms with E-state index >= 15 is 0 Å². The zero-order chi connectivity index (χ0) is 13.0. The van der Waals surface area contributed by atoms with Crippen LogP contribution in [0, 0.1) is 0 Å². The molecule has 0 spiro atoms. The molecule has 1 aromatic heterocycles. The molecule has 0 bridgehead atoms. The van der Waals surface area contributed by atoms with Crippen LogP contribution in [0.2, 0.25) is 0 Å². The van der Waals surface area contributed by atoms with Gasteiger partial charge in [0.15, 0.2) is 5.75 Å². The molecule has 18 heavy (non-hydrogen) atoms. The molecule has 1 heterocycles. The van der Waals surface area contributed by atoms with Gasteiger partial charge in [0.1, 0.15) is 17.7 Å². The Morgan fingerprint density at radius 2 is 2.11 bits per heavy atom. The average molecular weight is 247 g/mol. The number of benzene rings is 1. The molecule has 0 aliphatic carbocycles. The Morgan fingerprint density at radius 3 is 2.83 bits per heavy atom. The summed E-state index contributed by atoms with van der Waals surface area (Å²) in [6.45, 7) is 1.93. The minimum Gasteiger partial charge on any atom is -0.494 e. The number of ether oxygens (including phenoxy) is 2. The van der Waals surface area contributed by atoms with Gasteiger partial charge in [-0.15, -0.1) is 0 Å². The fraction of sp³-hybridized carbons (Fsp3) is 0.308. The summed E-state index contributed by atoms with van der Waals surface area (Å²) in [5.41, 5.74) is 0.881. The molecule has 5 nitrogen and oxygen atoms in total. The van der Waals surface area contributed by atoms with Crippen molar-refractivity contribution in [2.75, 3.05) is 14.2 Å². The summed E-state index contributed by atoms with van der Waals surface area (Å²) in [7, 11) is 3.48. The van der Waals surface area contributed by atoms with E-state index in [1.165, 1.54) is 0 Å². The Kier molecular flexibility index (Phi) is 3.84. The van der Waals surface area contributed by atoms with Crippen molar-refractivity contribution >= 4 is 0 Å². The van der Waals surface area contributed by atoms with Gasteiger partial charge in [0.2, 0.25) is 0 Å². The van der Waals surface area contributed by atoms with Gasteiger partial charge in [0.05, 0.1) is 19.5 Å². The monoisotopic (exact) mass is 247 g/mol. The van der Waals surface area contributed by atoms with E-state index in [9.17, 15) is 0 Å². The van der Waals surface area contributed by atoms with Crippen molar-refractivity contribution in [2.45, 2.75) is 13.2 Å². The van der Waals surface area contributed by atoms with Crippen LogP contribution in [0.5, 0.6) is 11.5 Å². The lowest BCUT2D eigenvalue weighted by Gasteiger charge is -2.11. The van der Waals surface area contributed by atoms with Gasteiger partial charge in [0.25, 0.3) is 0 Å². The van der Waals surface area contributed by atoms with Gasteiger partial charge in [-0.05, 0) is 26.1 Å². The third-order valence-electron chi connectivity index (χ3n) is 2.61. The lowest BCUT2D eigenvalue weighted by Crippen LogP contribution is -2.27. The molecule has 0 saturated carbocycles. The van der Waals surface area contributed by atoms with Crippen molar-refractivity contribution in [3.05, 3.63) is 36.7 Å². The number of nitrogens with zero attached hydrogens (tertiary/aromatic N) is 2. The van der Waals surface area contributed by atoms with Gasteiger partial charge < -0.3 is 9.47 Å². The van der Waals surface area contributed by atoms with Crippen molar-refractivity contribution in [2.24, 2.45) is 0 Å². The topological polar surface area (TPSA) is 48.3 Å². The highest BCUT2D eigenvalue weighted by atomic mass is 16.5. The van der Waals surface area contributed by atoms with Gasteiger partial charge in [0, 0.05) is 0 Å². The maximum absolute atomic E-state index is 5.60. The van der Waals surface area contributed by atoms with Gasteiger partial charge in [-0.25, -0.2) is 4.68 Å². The molecule has 1 N–H and O–H groups in total. The molecule has 0 aliphatic heterocycles. The predicted molar refractivity (Wildman–Crippen MR) is 69.3 cm³/mol. The molecule has 1 aromatic carbocycles. The van der Waals surface area contributed by atoms with E-state index in [4.69, 9.17) is 9.47 Å². The maximum atomic E-state index is 5.60. The first-order chi connectivity index (χ1) is 8.74. The standard InChI is InChI=1S/C13H17N3O2/c1-10(14-2)18-11-8-15-16(9-11)12-6-4-5-7-13(12)17-3/h4-10,14H,1-3H3. The van der Waals surface area contributed by atoms with Crippen molar-refractivity contribution in [3.8, 4) is 17.2 Å². The van der Waals surface area contributed by atoms with Gasteiger partial charge in [-0.2, -0.15) is 5.10 Å². The molecule has 0 fully saturated rings. The summed E-state index contributed by atoms with van der Waals surface area (Å²) >= 11 is 0. The summed E-state index contributed by atoms with van der Waals surface area (Å²) in [6.07, 6.45) is 3.45. The van der Waals surface area contributed by atoms with Crippen molar-refractivity contribution in [1.82, 2.24) is 15.1 Å². The molecule has 0 saturated heterocycles. The first kappa shape index (κ1) is 12.4. The lowest BCUT2D eigenvalue weighted by atomic mass is 10.3. The summed E-state index contributed by atoms with van der Waals surface area (Å²) in [6, 6.07) is 7.70. The second kappa shape index (κ2) is 5.55. The third-order valence-corrected chi connectivity index (χ3v) is 2.61. The van der Waals surface area contributed by atoms with E-state index in [-0.39, 0.29) is 6.23 Å². The smallest absolute Gasteiger partial charge is 0.160 e. The minimum absolute atomic E-state index is 0.0553. The summed E-state index contributed by atoms with van der Waals surface area (Å²) in [4.78, 5) is 0. The zero-order valence-electron chi connectivity index (χ0n) is 10.8. The SMILES string of the molecule is CNC(C)Oc1cnn(-c2ccccc2OC)c1. The van der Waals surface area contributed by atoms with Gasteiger partial charge in [-0.3, -0.25) is 5.32 Å². The maximum Gasteiger partial charge on any atom is 0.160 e. The second-order valence-corrected chi connectivity index (χ2v) is 3.84. The van der Waals surface area contributed by atoms with E-state index in [1.54, 1.807) is 18.0 Å². The average Bonchev–Trinajstić information content (AvgIpc) is 2.86. The first-order valence-electron chi connectivity index (χ1n) is 5.76. The molecule has 0 aliphatic rings. The molecule has 5 heteroatoms. The molecule has 96 valence electrons.